The van der Waals surface area contributed by atoms with E-state index >= 15 is 0 Å². The quantitative estimate of drug-likeness (QED) is 0.910. The molecule has 1 N–H and O–H groups in total. The highest BCUT2D eigenvalue weighted by Gasteiger charge is 2.24. The van der Waals surface area contributed by atoms with Crippen molar-refractivity contribution < 1.29 is 14.7 Å². The molecular weight excluding hydrogens is 296 g/mol. The van der Waals surface area contributed by atoms with Crippen molar-refractivity contribution in [1.82, 2.24) is 19.8 Å². The first-order valence-corrected chi connectivity index (χ1v) is 7.30. The van der Waals surface area contributed by atoms with Crippen molar-refractivity contribution >= 4 is 12.0 Å². The van der Waals surface area contributed by atoms with Gasteiger partial charge in [-0.3, -0.25) is 4.79 Å². The number of rotatable bonds is 2. The molecule has 1 saturated heterocycles. The monoisotopic (exact) mass is 312 g/mol. The molecule has 0 radical (unpaired) electrons. The molecule has 118 valence electrons. The van der Waals surface area contributed by atoms with Gasteiger partial charge in [0.2, 0.25) is 0 Å². The minimum Gasteiger partial charge on any atom is -0.465 e. The van der Waals surface area contributed by atoms with Crippen LogP contribution in [-0.2, 0) is 0 Å². The van der Waals surface area contributed by atoms with Gasteiger partial charge in [0.05, 0.1) is 5.56 Å². The molecule has 0 aliphatic carbocycles. The molecule has 0 unspecified atom stereocenters. The third-order valence-corrected chi connectivity index (χ3v) is 3.77. The minimum atomic E-state index is -0.951. The Hall–Kier alpha value is -2.96. The van der Waals surface area contributed by atoms with E-state index in [4.69, 9.17) is 5.11 Å². The van der Waals surface area contributed by atoms with E-state index in [1.807, 2.05) is 30.3 Å². The molecule has 1 fully saturated rings. The first kappa shape index (κ1) is 15.0. The van der Waals surface area contributed by atoms with E-state index in [9.17, 15) is 9.59 Å². The molecule has 7 nitrogen and oxygen atoms in total. The maximum atomic E-state index is 12.4. The van der Waals surface area contributed by atoms with E-state index in [1.54, 1.807) is 4.90 Å². The molecule has 2 amide bonds. The van der Waals surface area contributed by atoms with Crippen LogP contribution >= 0.6 is 0 Å². The Morgan fingerprint density at radius 3 is 2.04 bits per heavy atom. The van der Waals surface area contributed by atoms with Gasteiger partial charge < -0.3 is 14.9 Å². The largest absolute Gasteiger partial charge is 0.465 e. The average Bonchev–Trinajstić information content (AvgIpc) is 2.62. The molecular formula is C16H16N4O3. The van der Waals surface area contributed by atoms with E-state index in [-0.39, 0.29) is 5.91 Å². The van der Waals surface area contributed by atoms with Crippen LogP contribution in [0.1, 0.15) is 10.4 Å². The zero-order chi connectivity index (χ0) is 16.2. The lowest BCUT2D eigenvalue weighted by atomic mass is 10.2. The predicted molar refractivity (Wildman–Crippen MR) is 83.0 cm³/mol. The summed E-state index contributed by atoms with van der Waals surface area (Å²) in [6.07, 6.45) is 2.08. The molecule has 7 heteroatoms. The van der Waals surface area contributed by atoms with Crippen molar-refractivity contribution in [2.24, 2.45) is 0 Å². The topological polar surface area (TPSA) is 86.6 Å². The Labute approximate surface area is 133 Å². The third-order valence-electron chi connectivity index (χ3n) is 3.77. The van der Waals surface area contributed by atoms with Crippen LogP contribution in [0.4, 0.5) is 4.79 Å². The number of piperazine rings is 1. The SMILES string of the molecule is O=C(O)N1CCN(C(=O)c2cnc(-c3ccccc3)nc2)CC1. The van der Waals surface area contributed by atoms with Crippen molar-refractivity contribution in [2.45, 2.75) is 0 Å². The summed E-state index contributed by atoms with van der Waals surface area (Å²) >= 11 is 0. The number of carboxylic acid groups (broad SMARTS) is 1. The molecule has 0 atom stereocenters. The van der Waals surface area contributed by atoms with Crippen LogP contribution in [0, 0.1) is 0 Å². The molecule has 1 aliphatic rings. The summed E-state index contributed by atoms with van der Waals surface area (Å²) in [5.41, 5.74) is 1.30. The van der Waals surface area contributed by atoms with Gasteiger partial charge in [-0.1, -0.05) is 30.3 Å². The van der Waals surface area contributed by atoms with E-state index < -0.39 is 6.09 Å². The summed E-state index contributed by atoms with van der Waals surface area (Å²) in [7, 11) is 0. The second kappa shape index (κ2) is 6.43. The summed E-state index contributed by atoms with van der Waals surface area (Å²) < 4.78 is 0. The molecule has 0 bridgehead atoms. The molecule has 1 aromatic carbocycles. The predicted octanol–water partition coefficient (Wildman–Crippen LogP) is 1.58. The Bertz CT molecular complexity index is 695. The summed E-state index contributed by atoms with van der Waals surface area (Å²) in [4.78, 5) is 34.7. The smallest absolute Gasteiger partial charge is 0.407 e. The fourth-order valence-corrected chi connectivity index (χ4v) is 2.46. The lowest BCUT2D eigenvalue weighted by Crippen LogP contribution is -2.50. The van der Waals surface area contributed by atoms with Gasteiger partial charge in [-0.25, -0.2) is 14.8 Å². The highest BCUT2D eigenvalue weighted by atomic mass is 16.4. The van der Waals surface area contributed by atoms with Crippen LogP contribution in [0.25, 0.3) is 11.4 Å². The molecule has 3 rings (SSSR count). The van der Waals surface area contributed by atoms with Gasteiger partial charge in [0.15, 0.2) is 5.82 Å². The number of hydrogen-bond acceptors (Lipinski definition) is 4. The van der Waals surface area contributed by atoms with Crippen LogP contribution in [0.3, 0.4) is 0 Å². The first-order chi connectivity index (χ1) is 11.1. The van der Waals surface area contributed by atoms with Gasteiger partial charge in [0.1, 0.15) is 0 Å². The molecule has 1 aliphatic heterocycles. The molecule has 23 heavy (non-hydrogen) atoms. The fraction of sp³-hybridized carbons (Fsp3) is 0.250. The van der Waals surface area contributed by atoms with Crippen molar-refractivity contribution in [1.29, 1.82) is 0 Å². The second-order valence-corrected chi connectivity index (χ2v) is 5.22. The second-order valence-electron chi connectivity index (χ2n) is 5.22. The summed E-state index contributed by atoms with van der Waals surface area (Å²) in [6.45, 7) is 1.41. The van der Waals surface area contributed by atoms with Gasteiger partial charge >= 0.3 is 6.09 Å². The van der Waals surface area contributed by atoms with E-state index in [0.29, 0.717) is 37.6 Å². The van der Waals surface area contributed by atoms with Crippen molar-refractivity contribution in [2.75, 3.05) is 26.2 Å². The number of benzene rings is 1. The van der Waals surface area contributed by atoms with Crippen LogP contribution in [-0.4, -0.2) is 63.1 Å². The molecule has 0 saturated carbocycles. The van der Waals surface area contributed by atoms with Crippen LogP contribution < -0.4 is 0 Å². The van der Waals surface area contributed by atoms with Gasteiger partial charge in [-0.05, 0) is 0 Å². The first-order valence-electron chi connectivity index (χ1n) is 7.30. The summed E-state index contributed by atoms with van der Waals surface area (Å²) in [5.74, 6) is 0.396. The Kier molecular flexibility index (Phi) is 4.18. The maximum Gasteiger partial charge on any atom is 0.407 e. The summed E-state index contributed by atoms with van der Waals surface area (Å²) in [5, 5.41) is 8.92. The van der Waals surface area contributed by atoms with Crippen LogP contribution in [0.5, 0.6) is 0 Å². The van der Waals surface area contributed by atoms with Crippen LogP contribution in [0.15, 0.2) is 42.7 Å². The number of hydrogen-bond donors (Lipinski definition) is 1. The normalized spacial score (nSPS) is 14.6. The number of nitrogens with zero attached hydrogens (tertiary/aromatic N) is 4. The fourth-order valence-electron chi connectivity index (χ4n) is 2.46. The minimum absolute atomic E-state index is 0.172. The highest BCUT2D eigenvalue weighted by molar-refractivity contribution is 5.94. The third kappa shape index (κ3) is 3.28. The number of aromatic nitrogens is 2. The van der Waals surface area contributed by atoms with Gasteiger partial charge in [0, 0.05) is 44.1 Å². The molecule has 0 spiro atoms. The average molecular weight is 312 g/mol. The zero-order valence-corrected chi connectivity index (χ0v) is 12.4. The van der Waals surface area contributed by atoms with E-state index in [0.717, 1.165) is 5.56 Å². The lowest BCUT2D eigenvalue weighted by molar-refractivity contribution is 0.0624. The van der Waals surface area contributed by atoms with E-state index in [2.05, 4.69) is 9.97 Å². The number of amides is 2. The van der Waals surface area contributed by atoms with Gasteiger partial charge in [-0.2, -0.15) is 0 Å². The Morgan fingerprint density at radius 1 is 0.913 bits per heavy atom. The Balaban J connectivity index is 1.68. The zero-order valence-electron chi connectivity index (χ0n) is 12.4. The summed E-state index contributed by atoms with van der Waals surface area (Å²) in [6, 6.07) is 9.53. The van der Waals surface area contributed by atoms with Crippen molar-refractivity contribution in [3.8, 4) is 11.4 Å². The van der Waals surface area contributed by atoms with Gasteiger partial charge in [0.25, 0.3) is 5.91 Å². The van der Waals surface area contributed by atoms with Crippen molar-refractivity contribution in [3.63, 3.8) is 0 Å². The Morgan fingerprint density at radius 2 is 1.48 bits per heavy atom. The van der Waals surface area contributed by atoms with Gasteiger partial charge in [-0.15, -0.1) is 0 Å². The number of carbonyl (C=O) groups is 2. The van der Waals surface area contributed by atoms with Crippen molar-refractivity contribution in [3.05, 3.63) is 48.3 Å². The molecule has 2 heterocycles. The van der Waals surface area contributed by atoms with E-state index in [1.165, 1.54) is 17.3 Å². The molecule has 2 aromatic rings. The number of carbonyl (C=O) groups excluding carboxylic acids is 1. The van der Waals surface area contributed by atoms with Crippen LogP contribution in [0.2, 0.25) is 0 Å². The maximum absolute atomic E-state index is 12.4. The highest BCUT2D eigenvalue weighted by Crippen LogP contribution is 2.14. The standard InChI is InChI=1S/C16H16N4O3/c21-15(19-6-8-20(9-7-19)16(22)23)13-10-17-14(18-11-13)12-4-2-1-3-5-12/h1-5,10-11H,6-9H2,(H,22,23). The molecule has 1 aromatic heterocycles. The lowest BCUT2D eigenvalue weighted by Gasteiger charge is -2.33.